The van der Waals surface area contributed by atoms with Crippen molar-refractivity contribution in [3.63, 3.8) is 0 Å². The van der Waals surface area contributed by atoms with Crippen molar-refractivity contribution >= 4 is 5.91 Å². The molecular formula is C9H16F2N2O. The van der Waals surface area contributed by atoms with Crippen molar-refractivity contribution in [1.29, 1.82) is 0 Å². The highest BCUT2D eigenvalue weighted by atomic mass is 19.3. The number of amides is 1. The summed E-state index contributed by atoms with van der Waals surface area (Å²) in [6.07, 6.45) is -1.65. The van der Waals surface area contributed by atoms with Crippen LogP contribution in [0.4, 0.5) is 8.78 Å². The zero-order valence-electron chi connectivity index (χ0n) is 8.25. The van der Waals surface area contributed by atoms with Gasteiger partial charge in [-0.3, -0.25) is 4.79 Å². The van der Waals surface area contributed by atoms with Gasteiger partial charge in [-0.15, -0.1) is 0 Å². The van der Waals surface area contributed by atoms with Crippen molar-refractivity contribution in [3.05, 3.63) is 0 Å². The Morgan fingerprint density at radius 2 is 2.21 bits per heavy atom. The van der Waals surface area contributed by atoms with E-state index in [0.717, 1.165) is 6.42 Å². The van der Waals surface area contributed by atoms with Gasteiger partial charge in [0, 0.05) is 19.0 Å². The highest BCUT2D eigenvalue weighted by Gasteiger charge is 2.41. The number of alkyl halides is 2. The van der Waals surface area contributed by atoms with Crippen LogP contribution >= 0.6 is 0 Å². The molecule has 5 heteroatoms. The maximum absolute atomic E-state index is 12.1. The molecule has 1 amide bonds. The molecule has 1 rings (SSSR count). The van der Waals surface area contributed by atoms with Gasteiger partial charge in [-0.1, -0.05) is 6.92 Å². The number of nitrogens with zero attached hydrogens (tertiary/aromatic N) is 1. The number of nitrogens with two attached hydrogens (primary N) is 1. The molecule has 0 radical (unpaired) electrons. The summed E-state index contributed by atoms with van der Waals surface area (Å²) in [5.74, 6) is 0.143. The average Bonchev–Trinajstić information content (AvgIpc) is 2.80. The van der Waals surface area contributed by atoms with Crippen LogP contribution in [-0.2, 0) is 4.79 Å². The van der Waals surface area contributed by atoms with E-state index < -0.39 is 13.0 Å². The first-order chi connectivity index (χ1) is 6.56. The Balaban J connectivity index is 2.44. The number of halogens is 2. The maximum Gasteiger partial charge on any atom is 0.255 e. The van der Waals surface area contributed by atoms with E-state index in [4.69, 9.17) is 5.73 Å². The van der Waals surface area contributed by atoms with Crippen molar-refractivity contribution in [3.8, 4) is 0 Å². The first-order valence-corrected chi connectivity index (χ1v) is 4.83. The van der Waals surface area contributed by atoms with Crippen molar-refractivity contribution in [2.75, 3.05) is 19.6 Å². The van der Waals surface area contributed by atoms with Crippen molar-refractivity contribution in [1.82, 2.24) is 4.90 Å². The second-order valence-electron chi connectivity index (χ2n) is 3.78. The highest BCUT2D eigenvalue weighted by Crippen LogP contribution is 2.39. The van der Waals surface area contributed by atoms with Crippen LogP contribution in [0.15, 0.2) is 0 Å². The van der Waals surface area contributed by atoms with Gasteiger partial charge in [0.05, 0.1) is 6.54 Å². The summed E-state index contributed by atoms with van der Waals surface area (Å²) in [6.45, 7) is 1.93. The zero-order chi connectivity index (χ0) is 10.7. The van der Waals surface area contributed by atoms with Gasteiger partial charge in [0.1, 0.15) is 0 Å². The van der Waals surface area contributed by atoms with Gasteiger partial charge in [-0.25, -0.2) is 8.78 Å². The van der Waals surface area contributed by atoms with Gasteiger partial charge in [-0.05, 0) is 12.3 Å². The minimum atomic E-state index is -2.47. The van der Waals surface area contributed by atoms with Gasteiger partial charge in [-0.2, -0.15) is 0 Å². The standard InChI is InChI=1S/C9H16F2N2O/c1-6-4-7(6)9(14)13(3-2-12)5-8(10)11/h6-8H,2-5,12H2,1H3. The zero-order valence-corrected chi connectivity index (χ0v) is 8.25. The fraction of sp³-hybridized carbons (Fsp3) is 0.889. The first kappa shape index (κ1) is 11.4. The molecule has 0 spiro atoms. The van der Waals surface area contributed by atoms with Gasteiger partial charge in [0.2, 0.25) is 5.91 Å². The summed E-state index contributed by atoms with van der Waals surface area (Å²) in [4.78, 5) is 12.8. The van der Waals surface area contributed by atoms with E-state index in [1.807, 2.05) is 6.92 Å². The summed E-state index contributed by atoms with van der Waals surface area (Å²) in [5, 5.41) is 0. The molecule has 0 aromatic rings. The molecule has 14 heavy (non-hydrogen) atoms. The average molecular weight is 206 g/mol. The Morgan fingerprint density at radius 1 is 1.64 bits per heavy atom. The van der Waals surface area contributed by atoms with Crippen LogP contribution in [0.25, 0.3) is 0 Å². The smallest absolute Gasteiger partial charge is 0.255 e. The molecule has 2 unspecified atom stereocenters. The van der Waals surface area contributed by atoms with Crippen LogP contribution < -0.4 is 5.73 Å². The fourth-order valence-electron chi connectivity index (χ4n) is 1.51. The molecule has 3 nitrogen and oxygen atoms in total. The summed E-state index contributed by atoms with van der Waals surface area (Å²) >= 11 is 0. The Morgan fingerprint density at radius 3 is 2.57 bits per heavy atom. The number of hydrogen-bond acceptors (Lipinski definition) is 2. The Kier molecular flexibility index (Phi) is 3.80. The maximum atomic E-state index is 12.1. The second-order valence-corrected chi connectivity index (χ2v) is 3.78. The molecule has 0 heterocycles. The molecule has 0 bridgehead atoms. The van der Waals surface area contributed by atoms with Crippen LogP contribution in [-0.4, -0.2) is 36.9 Å². The lowest BCUT2D eigenvalue weighted by molar-refractivity contribution is -0.134. The van der Waals surface area contributed by atoms with Crippen LogP contribution in [0.2, 0.25) is 0 Å². The molecule has 0 aromatic carbocycles. The molecule has 0 aromatic heterocycles. The van der Waals surface area contributed by atoms with Gasteiger partial charge >= 0.3 is 0 Å². The van der Waals surface area contributed by atoms with Crippen LogP contribution in [0.1, 0.15) is 13.3 Å². The summed E-state index contributed by atoms with van der Waals surface area (Å²) in [7, 11) is 0. The molecule has 0 saturated heterocycles. The highest BCUT2D eigenvalue weighted by molar-refractivity contribution is 5.81. The first-order valence-electron chi connectivity index (χ1n) is 4.83. The van der Waals surface area contributed by atoms with Crippen molar-refractivity contribution in [2.45, 2.75) is 19.8 Å². The molecule has 2 N–H and O–H groups in total. The van der Waals surface area contributed by atoms with E-state index in [2.05, 4.69) is 0 Å². The van der Waals surface area contributed by atoms with E-state index in [0.29, 0.717) is 5.92 Å². The largest absolute Gasteiger partial charge is 0.335 e. The predicted octanol–water partition coefficient (Wildman–Crippen LogP) is 0.695. The number of carbonyl (C=O) groups is 1. The molecule has 1 aliphatic carbocycles. The van der Waals surface area contributed by atoms with E-state index in [9.17, 15) is 13.6 Å². The summed E-state index contributed by atoms with van der Waals surface area (Å²) < 4.78 is 24.2. The lowest BCUT2D eigenvalue weighted by atomic mass is 10.3. The Bertz CT molecular complexity index is 211. The number of rotatable bonds is 5. The minimum absolute atomic E-state index is 0.0414. The fourth-order valence-corrected chi connectivity index (χ4v) is 1.51. The van der Waals surface area contributed by atoms with Crippen LogP contribution in [0, 0.1) is 11.8 Å². The third kappa shape index (κ3) is 2.90. The second kappa shape index (κ2) is 4.68. The molecule has 2 atom stereocenters. The van der Waals surface area contributed by atoms with Gasteiger partial charge in [0.15, 0.2) is 0 Å². The van der Waals surface area contributed by atoms with E-state index >= 15 is 0 Å². The molecule has 1 aliphatic rings. The van der Waals surface area contributed by atoms with E-state index in [1.165, 1.54) is 4.90 Å². The molecule has 0 aliphatic heterocycles. The monoisotopic (exact) mass is 206 g/mol. The number of hydrogen-bond donors (Lipinski definition) is 1. The predicted molar refractivity (Wildman–Crippen MR) is 48.9 cm³/mol. The van der Waals surface area contributed by atoms with Crippen molar-refractivity contribution in [2.24, 2.45) is 17.6 Å². The quantitative estimate of drug-likeness (QED) is 0.719. The summed E-state index contributed by atoms with van der Waals surface area (Å²) in [6, 6.07) is 0. The Labute approximate surface area is 82.2 Å². The molecule has 82 valence electrons. The third-order valence-electron chi connectivity index (χ3n) is 2.50. The SMILES string of the molecule is CC1CC1C(=O)N(CCN)CC(F)F. The van der Waals surface area contributed by atoms with E-state index in [-0.39, 0.29) is 24.9 Å². The van der Waals surface area contributed by atoms with E-state index in [1.54, 1.807) is 0 Å². The Hall–Kier alpha value is -0.710. The lowest BCUT2D eigenvalue weighted by Crippen LogP contribution is -2.39. The molecule has 1 saturated carbocycles. The molecular weight excluding hydrogens is 190 g/mol. The topological polar surface area (TPSA) is 46.3 Å². The number of carbonyl (C=O) groups excluding carboxylic acids is 1. The molecule has 1 fully saturated rings. The van der Waals surface area contributed by atoms with Gasteiger partial charge < -0.3 is 10.6 Å². The van der Waals surface area contributed by atoms with Crippen LogP contribution in [0.3, 0.4) is 0 Å². The van der Waals surface area contributed by atoms with Crippen molar-refractivity contribution < 1.29 is 13.6 Å². The third-order valence-corrected chi connectivity index (χ3v) is 2.50. The normalized spacial score (nSPS) is 25.2. The summed E-state index contributed by atoms with van der Waals surface area (Å²) in [5.41, 5.74) is 5.26. The van der Waals surface area contributed by atoms with Crippen LogP contribution in [0.5, 0.6) is 0 Å². The van der Waals surface area contributed by atoms with Gasteiger partial charge in [0.25, 0.3) is 6.43 Å². The minimum Gasteiger partial charge on any atom is -0.335 e. The lowest BCUT2D eigenvalue weighted by Gasteiger charge is -2.21.